The fourth-order valence-corrected chi connectivity index (χ4v) is 2.53. The summed E-state index contributed by atoms with van der Waals surface area (Å²) in [5.74, 6) is 0.368. The molecule has 0 bridgehead atoms. The van der Waals surface area contributed by atoms with Crippen LogP contribution < -0.4 is 10.6 Å². The lowest BCUT2D eigenvalue weighted by molar-refractivity contribution is 0.0858. The van der Waals surface area contributed by atoms with Gasteiger partial charge in [0.2, 0.25) is 0 Å². The smallest absolute Gasteiger partial charge is 0.256 e. The first-order chi connectivity index (χ1) is 11.6. The zero-order valence-electron chi connectivity index (χ0n) is 13.4. The van der Waals surface area contributed by atoms with Crippen molar-refractivity contribution in [3.63, 3.8) is 0 Å². The molecule has 0 radical (unpaired) electrons. The van der Waals surface area contributed by atoms with Gasteiger partial charge in [-0.1, -0.05) is 11.2 Å². The molecule has 7 heteroatoms. The van der Waals surface area contributed by atoms with Crippen molar-refractivity contribution in [2.24, 2.45) is 0 Å². The maximum atomic E-state index is 12.2. The average Bonchev–Trinajstić information content (AvgIpc) is 3.24. The van der Waals surface area contributed by atoms with Crippen LogP contribution >= 0.6 is 0 Å². The van der Waals surface area contributed by atoms with Gasteiger partial charge in [-0.25, -0.2) is 0 Å². The molecule has 1 fully saturated rings. The van der Waals surface area contributed by atoms with Crippen molar-refractivity contribution in [3.05, 3.63) is 47.2 Å². The number of nitrogens with one attached hydrogen (secondary N) is 2. The molecule has 3 rings (SSSR count). The Morgan fingerprint density at radius 3 is 2.71 bits per heavy atom. The van der Waals surface area contributed by atoms with Gasteiger partial charge in [-0.15, -0.1) is 0 Å². The topological polar surface area (TPSA) is 93.5 Å². The van der Waals surface area contributed by atoms with Crippen molar-refractivity contribution < 1.29 is 18.8 Å². The average molecular weight is 329 g/mol. The van der Waals surface area contributed by atoms with Crippen molar-refractivity contribution in [2.75, 3.05) is 18.5 Å². The fraction of sp³-hybridized carbons (Fsp3) is 0.353. The Hall–Kier alpha value is -2.67. The van der Waals surface area contributed by atoms with Gasteiger partial charge in [0.05, 0.1) is 6.10 Å². The van der Waals surface area contributed by atoms with Gasteiger partial charge < -0.3 is 19.9 Å². The SMILES string of the molecule is Cc1cc(NC(=O)c2cccc(C(=O)NCC3CCCO3)c2)no1. The van der Waals surface area contributed by atoms with Crippen LogP contribution in [0, 0.1) is 6.92 Å². The largest absolute Gasteiger partial charge is 0.376 e. The van der Waals surface area contributed by atoms with Gasteiger partial charge in [-0.05, 0) is 38.0 Å². The van der Waals surface area contributed by atoms with Gasteiger partial charge in [0, 0.05) is 30.3 Å². The van der Waals surface area contributed by atoms with Gasteiger partial charge in [0.25, 0.3) is 11.8 Å². The monoisotopic (exact) mass is 329 g/mol. The number of hydrogen-bond donors (Lipinski definition) is 2. The normalized spacial score (nSPS) is 16.8. The summed E-state index contributed by atoms with van der Waals surface area (Å²) in [6.07, 6.45) is 2.06. The Bertz CT molecular complexity index is 735. The standard InChI is InChI=1S/C17H19N3O4/c1-11-8-15(20-24-11)19-17(22)13-5-2-4-12(9-13)16(21)18-10-14-6-3-7-23-14/h2,4-5,8-9,14H,3,6-7,10H2,1H3,(H,18,21)(H,19,20,22). The molecule has 1 unspecified atom stereocenters. The molecule has 7 nitrogen and oxygen atoms in total. The third kappa shape index (κ3) is 3.99. The van der Waals surface area contributed by atoms with Gasteiger partial charge in [0.1, 0.15) is 5.76 Å². The lowest BCUT2D eigenvalue weighted by atomic mass is 10.1. The summed E-state index contributed by atoms with van der Waals surface area (Å²) >= 11 is 0. The number of benzene rings is 1. The molecule has 2 amide bonds. The first kappa shape index (κ1) is 16.2. The van der Waals surface area contributed by atoms with E-state index < -0.39 is 0 Å². The third-order valence-electron chi connectivity index (χ3n) is 3.77. The second-order valence-corrected chi connectivity index (χ2v) is 5.70. The highest BCUT2D eigenvalue weighted by Gasteiger charge is 2.17. The molecular formula is C17H19N3O4. The number of aromatic nitrogens is 1. The van der Waals surface area contributed by atoms with E-state index in [-0.39, 0.29) is 17.9 Å². The molecule has 2 N–H and O–H groups in total. The van der Waals surface area contributed by atoms with E-state index >= 15 is 0 Å². The molecule has 0 spiro atoms. The van der Waals surface area contributed by atoms with Crippen molar-refractivity contribution in [1.29, 1.82) is 0 Å². The van der Waals surface area contributed by atoms with Gasteiger partial charge in [-0.2, -0.15) is 0 Å². The Labute approximate surface area is 139 Å². The van der Waals surface area contributed by atoms with Crippen LogP contribution in [-0.4, -0.2) is 36.2 Å². The van der Waals surface area contributed by atoms with E-state index in [0.29, 0.717) is 29.2 Å². The van der Waals surface area contributed by atoms with Crippen molar-refractivity contribution in [3.8, 4) is 0 Å². The van der Waals surface area contributed by atoms with E-state index in [4.69, 9.17) is 9.26 Å². The van der Waals surface area contributed by atoms with Crippen LogP contribution in [0.4, 0.5) is 5.82 Å². The molecule has 1 atom stereocenters. The lowest BCUT2D eigenvalue weighted by Crippen LogP contribution is -2.31. The van der Waals surface area contributed by atoms with Crippen molar-refractivity contribution >= 4 is 17.6 Å². The van der Waals surface area contributed by atoms with Crippen LogP contribution in [0.1, 0.15) is 39.3 Å². The van der Waals surface area contributed by atoms with Gasteiger partial charge in [0.15, 0.2) is 5.82 Å². The van der Waals surface area contributed by atoms with E-state index in [1.165, 1.54) is 0 Å². The molecule has 1 aliphatic rings. The highest BCUT2D eigenvalue weighted by atomic mass is 16.5. The Kier molecular flexibility index (Phi) is 4.90. The first-order valence-corrected chi connectivity index (χ1v) is 7.86. The predicted octanol–water partition coefficient (Wildman–Crippen LogP) is 2.14. The number of anilines is 1. The van der Waals surface area contributed by atoms with Crippen LogP contribution in [0.2, 0.25) is 0 Å². The van der Waals surface area contributed by atoms with Crippen LogP contribution in [-0.2, 0) is 4.74 Å². The second kappa shape index (κ2) is 7.27. The molecule has 1 aromatic heterocycles. The minimum absolute atomic E-state index is 0.0795. The van der Waals surface area contributed by atoms with Crippen molar-refractivity contribution in [2.45, 2.75) is 25.9 Å². The Morgan fingerprint density at radius 1 is 1.25 bits per heavy atom. The zero-order chi connectivity index (χ0) is 16.9. The fourth-order valence-electron chi connectivity index (χ4n) is 2.53. The van der Waals surface area contributed by atoms with E-state index in [0.717, 1.165) is 19.4 Å². The molecular weight excluding hydrogens is 310 g/mol. The number of aryl methyl sites for hydroxylation is 1. The summed E-state index contributed by atoms with van der Waals surface area (Å²) in [5, 5.41) is 9.18. The summed E-state index contributed by atoms with van der Waals surface area (Å²) in [6, 6.07) is 8.15. The van der Waals surface area contributed by atoms with Crippen LogP contribution in [0.5, 0.6) is 0 Å². The van der Waals surface area contributed by atoms with E-state index in [1.54, 1.807) is 37.3 Å². The van der Waals surface area contributed by atoms with Crippen molar-refractivity contribution in [1.82, 2.24) is 10.5 Å². The van der Waals surface area contributed by atoms with Crippen LogP contribution in [0.15, 0.2) is 34.9 Å². The van der Waals surface area contributed by atoms with E-state index in [1.807, 2.05) is 0 Å². The maximum absolute atomic E-state index is 12.2. The summed E-state index contributed by atoms with van der Waals surface area (Å²) in [5.41, 5.74) is 0.803. The summed E-state index contributed by atoms with van der Waals surface area (Å²) in [4.78, 5) is 24.4. The molecule has 0 aliphatic carbocycles. The second-order valence-electron chi connectivity index (χ2n) is 5.70. The minimum atomic E-state index is -0.350. The minimum Gasteiger partial charge on any atom is -0.376 e. The summed E-state index contributed by atoms with van der Waals surface area (Å²) in [6.45, 7) is 2.97. The highest BCUT2D eigenvalue weighted by molar-refractivity contribution is 6.05. The number of rotatable bonds is 5. The number of hydrogen-bond acceptors (Lipinski definition) is 5. The molecule has 2 aromatic rings. The molecule has 1 saturated heterocycles. The zero-order valence-corrected chi connectivity index (χ0v) is 13.4. The maximum Gasteiger partial charge on any atom is 0.256 e. The third-order valence-corrected chi connectivity index (χ3v) is 3.77. The first-order valence-electron chi connectivity index (χ1n) is 7.86. The summed E-state index contributed by atoms with van der Waals surface area (Å²) in [7, 11) is 0. The number of carbonyl (C=O) groups excluding carboxylic acids is 2. The molecule has 1 aromatic carbocycles. The predicted molar refractivity (Wildman–Crippen MR) is 86.9 cm³/mol. The number of nitrogens with zero attached hydrogens (tertiary/aromatic N) is 1. The quantitative estimate of drug-likeness (QED) is 0.876. The highest BCUT2D eigenvalue weighted by Crippen LogP contribution is 2.13. The van der Waals surface area contributed by atoms with Crippen LogP contribution in [0.3, 0.4) is 0 Å². The molecule has 0 saturated carbocycles. The van der Waals surface area contributed by atoms with Gasteiger partial charge >= 0.3 is 0 Å². The lowest BCUT2D eigenvalue weighted by Gasteiger charge is -2.11. The van der Waals surface area contributed by atoms with Gasteiger partial charge in [-0.3, -0.25) is 9.59 Å². The Balaban J connectivity index is 1.62. The number of amides is 2. The number of ether oxygens (including phenoxy) is 1. The molecule has 126 valence electrons. The molecule has 2 heterocycles. The molecule has 24 heavy (non-hydrogen) atoms. The van der Waals surface area contributed by atoms with E-state index in [2.05, 4.69) is 15.8 Å². The number of carbonyl (C=O) groups is 2. The summed E-state index contributed by atoms with van der Waals surface area (Å²) < 4.78 is 10.4. The van der Waals surface area contributed by atoms with Crippen LogP contribution in [0.25, 0.3) is 0 Å². The Morgan fingerprint density at radius 2 is 2.04 bits per heavy atom. The van der Waals surface area contributed by atoms with E-state index in [9.17, 15) is 9.59 Å². The molecule has 1 aliphatic heterocycles.